The van der Waals surface area contributed by atoms with Crippen molar-refractivity contribution in [3.63, 3.8) is 0 Å². The second-order valence-corrected chi connectivity index (χ2v) is 6.13. The maximum absolute atomic E-state index is 6.06. The number of halogens is 1. The van der Waals surface area contributed by atoms with E-state index in [0.717, 1.165) is 22.6 Å². The highest BCUT2D eigenvalue weighted by molar-refractivity contribution is 6.30. The minimum Gasteiger partial charge on any atom is -0.443 e. The van der Waals surface area contributed by atoms with Gasteiger partial charge in [-0.25, -0.2) is 4.98 Å². The molecule has 2 aromatic rings. The van der Waals surface area contributed by atoms with E-state index in [2.05, 4.69) is 31.1 Å². The largest absolute Gasteiger partial charge is 0.443 e. The van der Waals surface area contributed by atoms with E-state index in [-0.39, 0.29) is 5.54 Å². The maximum Gasteiger partial charge on any atom is 0.181 e. The van der Waals surface area contributed by atoms with E-state index < -0.39 is 0 Å². The van der Waals surface area contributed by atoms with Gasteiger partial charge in [0.25, 0.3) is 0 Å². The zero-order chi connectivity index (χ0) is 14.0. The number of aromatic nitrogens is 1. The molecule has 0 aliphatic rings. The van der Waals surface area contributed by atoms with Crippen LogP contribution in [0.3, 0.4) is 0 Å². The molecule has 0 bridgehead atoms. The van der Waals surface area contributed by atoms with Gasteiger partial charge in [-0.1, -0.05) is 17.7 Å². The average Bonchev–Trinajstić information content (AvgIpc) is 2.77. The number of rotatable bonds is 3. The number of nitrogens with one attached hydrogen (secondary N) is 1. The first-order valence-electron chi connectivity index (χ1n) is 6.31. The molecule has 0 aliphatic carbocycles. The Kier molecular flexibility index (Phi) is 3.97. The van der Waals surface area contributed by atoms with Gasteiger partial charge in [-0.2, -0.15) is 0 Å². The lowest BCUT2D eigenvalue weighted by atomic mass is 10.0. The molecule has 1 aromatic carbocycles. The van der Waals surface area contributed by atoms with E-state index in [1.165, 1.54) is 6.39 Å². The fourth-order valence-corrected chi connectivity index (χ4v) is 1.97. The summed E-state index contributed by atoms with van der Waals surface area (Å²) >= 11 is 6.06. The van der Waals surface area contributed by atoms with Gasteiger partial charge in [0.05, 0.1) is 0 Å². The quantitative estimate of drug-likeness (QED) is 0.915. The molecule has 0 spiro atoms. The Labute approximate surface area is 119 Å². The van der Waals surface area contributed by atoms with Crippen LogP contribution in [0.5, 0.6) is 0 Å². The first-order chi connectivity index (χ1) is 8.87. The number of nitrogens with zero attached hydrogens (tertiary/aromatic N) is 1. The Morgan fingerprint density at radius 2 is 2.05 bits per heavy atom. The van der Waals surface area contributed by atoms with E-state index in [1.54, 1.807) is 0 Å². The summed E-state index contributed by atoms with van der Waals surface area (Å²) in [5.74, 6) is 0.789. The third kappa shape index (κ3) is 3.58. The Morgan fingerprint density at radius 3 is 2.74 bits per heavy atom. The predicted molar refractivity (Wildman–Crippen MR) is 78.3 cm³/mol. The Bertz CT molecular complexity index is 570. The molecule has 1 N–H and O–H groups in total. The summed E-state index contributed by atoms with van der Waals surface area (Å²) in [5.41, 5.74) is 3.06. The van der Waals surface area contributed by atoms with Crippen molar-refractivity contribution in [1.29, 1.82) is 0 Å². The van der Waals surface area contributed by atoms with E-state index in [4.69, 9.17) is 16.0 Å². The van der Waals surface area contributed by atoms with Crippen LogP contribution < -0.4 is 5.32 Å². The van der Waals surface area contributed by atoms with Crippen molar-refractivity contribution in [2.45, 2.75) is 39.8 Å². The summed E-state index contributed by atoms with van der Waals surface area (Å²) in [6.07, 6.45) is 1.48. The van der Waals surface area contributed by atoms with Crippen LogP contribution in [0, 0.1) is 6.92 Å². The lowest BCUT2D eigenvalue weighted by Crippen LogP contribution is -2.35. The number of oxazole rings is 1. The van der Waals surface area contributed by atoms with Gasteiger partial charge in [0, 0.05) is 22.7 Å². The van der Waals surface area contributed by atoms with Crippen molar-refractivity contribution < 1.29 is 4.42 Å². The van der Waals surface area contributed by atoms with Crippen molar-refractivity contribution in [1.82, 2.24) is 10.3 Å². The molecule has 1 aromatic heterocycles. The van der Waals surface area contributed by atoms with Crippen LogP contribution in [0.25, 0.3) is 11.3 Å². The second kappa shape index (κ2) is 5.35. The summed E-state index contributed by atoms with van der Waals surface area (Å²) < 4.78 is 5.54. The molecule has 0 unspecified atom stereocenters. The van der Waals surface area contributed by atoms with Crippen LogP contribution >= 0.6 is 11.6 Å². The molecule has 0 saturated heterocycles. The molecule has 0 atom stereocenters. The highest BCUT2D eigenvalue weighted by Gasteiger charge is 2.16. The molecule has 0 aliphatic heterocycles. The van der Waals surface area contributed by atoms with Gasteiger partial charge in [-0.05, 0) is 45.4 Å². The molecule has 0 fully saturated rings. The Morgan fingerprint density at radius 1 is 1.32 bits per heavy atom. The van der Waals surface area contributed by atoms with Gasteiger partial charge >= 0.3 is 0 Å². The van der Waals surface area contributed by atoms with Crippen LogP contribution in [0.4, 0.5) is 0 Å². The predicted octanol–water partition coefficient (Wildman–Crippen LogP) is 4.19. The molecular formula is C15H19ClN2O. The zero-order valence-corrected chi connectivity index (χ0v) is 12.5. The van der Waals surface area contributed by atoms with Crippen molar-refractivity contribution in [3.8, 4) is 11.3 Å². The SMILES string of the molecule is Cc1ccc(Cl)cc1-c1ocnc1CNC(C)(C)C. The second-order valence-electron chi connectivity index (χ2n) is 5.69. The van der Waals surface area contributed by atoms with Crippen LogP contribution in [0.2, 0.25) is 5.02 Å². The summed E-state index contributed by atoms with van der Waals surface area (Å²) in [6.45, 7) is 9.07. The van der Waals surface area contributed by atoms with Crippen LogP contribution in [-0.2, 0) is 6.54 Å². The first-order valence-corrected chi connectivity index (χ1v) is 6.68. The van der Waals surface area contributed by atoms with Crippen LogP contribution in [0.15, 0.2) is 29.0 Å². The fraction of sp³-hybridized carbons (Fsp3) is 0.400. The minimum atomic E-state index is 0.0413. The van der Waals surface area contributed by atoms with E-state index >= 15 is 0 Å². The van der Waals surface area contributed by atoms with Crippen molar-refractivity contribution in [3.05, 3.63) is 40.9 Å². The van der Waals surface area contributed by atoms with Gasteiger partial charge in [0.1, 0.15) is 5.69 Å². The van der Waals surface area contributed by atoms with Gasteiger partial charge in [0.15, 0.2) is 12.2 Å². The normalized spacial score (nSPS) is 11.8. The number of hydrogen-bond acceptors (Lipinski definition) is 3. The molecule has 0 saturated carbocycles. The number of hydrogen-bond donors (Lipinski definition) is 1. The van der Waals surface area contributed by atoms with Gasteiger partial charge in [0.2, 0.25) is 0 Å². The summed E-state index contributed by atoms with van der Waals surface area (Å²) in [5, 5.41) is 4.11. The zero-order valence-electron chi connectivity index (χ0n) is 11.7. The third-order valence-electron chi connectivity index (χ3n) is 2.87. The molecule has 102 valence electrons. The summed E-state index contributed by atoms with van der Waals surface area (Å²) in [7, 11) is 0. The molecule has 4 heteroatoms. The Balaban J connectivity index is 2.31. The third-order valence-corrected chi connectivity index (χ3v) is 3.11. The number of aryl methyl sites for hydroxylation is 1. The topological polar surface area (TPSA) is 38.1 Å². The van der Waals surface area contributed by atoms with Crippen LogP contribution in [0.1, 0.15) is 32.0 Å². The van der Waals surface area contributed by atoms with Crippen LogP contribution in [-0.4, -0.2) is 10.5 Å². The van der Waals surface area contributed by atoms with E-state index in [0.29, 0.717) is 11.6 Å². The molecule has 19 heavy (non-hydrogen) atoms. The van der Waals surface area contributed by atoms with E-state index in [1.807, 2.05) is 25.1 Å². The monoisotopic (exact) mass is 278 g/mol. The molecule has 0 radical (unpaired) electrons. The van der Waals surface area contributed by atoms with Crippen molar-refractivity contribution >= 4 is 11.6 Å². The standard InChI is InChI=1S/C15H19ClN2O/c1-10-5-6-11(16)7-12(10)14-13(17-9-19-14)8-18-15(2,3)4/h5-7,9,18H,8H2,1-4H3. The highest BCUT2D eigenvalue weighted by atomic mass is 35.5. The molecule has 3 nitrogen and oxygen atoms in total. The van der Waals surface area contributed by atoms with Gasteiger partial charge < -0.3 is 9.73 Å². The minimum absolute atomic E-state index is 0.0413. The Hall–Kier alpha value is -1.32. The highest BCUT2D eigenvalue weighted by Crippen LogP contribution is 2.29. The number of benzene rings is 1. The lowest BCUT2D eigenvalue weighted by molar-refractivity contribution is 0.421. The van der Waals surface area contributed by atoms with E-state index in [9.17, 15) is 0 Å². The van der Waals surface area contributed by atoms with Gasteiger partial charge in [-0.15, -0.1) is 0 Å². The van der Waals surface area contributed by atoms with Crippen molar-refractivity contribution in [2.24, 2.45) is 0 Å². The lowest BCUT2D eigenvalue weighted by Gasteiger charge is -2.20. The molecule has 0 amide bonds. The maximum atomic E-state index is 6.06. The summed E-state index contributed by atoms with van der Waals surface area (Å²) in [6, 6.07) is 5.78. The fourth-order valence-electron chi connectivity index (χ4n) is 1.80. The smallest absolute Gasteiger partial charge is 0.181 e. The average molecular weight is 279 g/mol. The molecule has 1 heterocycles. The molecule has 2 rings (SSSR count). The molecular weight excluding hydrogens is 260 g/mol. The summed E-state index contributed by atoms with van der Waals surface area (Å²) in [4.78, 5) is 4.29. The first kappa shape index (κ1) is 14.1. The van der Waals surface area contributed by atoms with Crippen molar-refractivity contribution in [2.75, 3.05) is 0 Å². The van der Waals surface area contributed by atoms with Gasteiger partial charge in [-0.3, -0.25) is 0 Å².